The van der Waals surface area contributed by atoms with Crippen LogP contribution in [-0.4, -0.2) is 57.3 Å². The number of carboxylic acid groups (broad SMARTS) is 1. The average Bonchev–Trinajstić information content (AvgIpc) is 2.73. The van der Waals surface area contributed by atoms with Crippen molar-refractivity contribution in [2.75, 3.05) is 40.6 Å². The van der Waals surface area contributed by atoms with Gasteiger partial charge in [0.15, 0.2) is 0 Å². The molecule has 0 aromatic heterocycles. The maximum Gasteiger partial charge on any atom is 0.331 e. The molecule has 162 valence electrons. The number of hydrogen-bond acceptors (Lipinski definition) is 5. The predicted octanol–water partition coefficient (Wildman–Crippen LogP) is 3.88. The molecule has 0 spiro atoms. The van der Waals surface area contributed by atoms with E-state index in [2.05, 4.69) is 40.8 Å². The number of hydrogen-bond donors (Lipinski definition) is 1. The summed E-state index contributed by atoms with van der Waals surface area (Å²) in [6.07, 6.45) is 2.02. The molecule has 0 bridgehead atoms. The van der Waals surface area contributed by atoms with Gasteiger partial charge in [0.1, 0.15) is 5.60 Å². The van der Waals surface area contributed by atoms with Gasteiger partial charge in [0.2, 0.25) is 0 Å². The van der Waals surface area contributed by atoms with Crippen LogP contribution in [0, 0.1) is 11.8 Å². The number of carboxylic acids is 1. The lowest BCUT2D eigenvalue weighted by Crippen LogP contribution is -2.24. The van der Waals surface area contributed by atoms with Crippen molar-refractivity contribution in [1.29, 1.82) is 0 Å². The summed E-state index contributed by atoms with van der Waals surface area (Å²) >= 11 is 0. The summed E-state index contributed by atoms with van der Waals surface area (Å²) in [6, 6.07) is 14.5. The Morgan fingerprint density at radius 1 is 1.03 bits per heavy atom. The van der Waals surface area contributed by atoms with E-state index in [1.54, 1.807) is 7.11 Å². The highest BCUT2D eigenvalue weighted by Gasteiger charge is 2.14. The third-order valence-corrected chi connectivity index (χ3v) is 3.73. The fourth-order valence-corrected chi connectivity index (χ4v) is 2.25. The van der Waals surface area contributed by atoms with Gasteiger partial charge in [-0.1, -0.05) is 42.2 Å². The van der Waals surface area contributed by atoms with Gasteiger partial charge in [-0.3, -0.25) is 0 Å². The zero-order valence-electron chi connectivity index (χ0n) is 18.0. The van der Waals surface area contributed by atoms with Crippen molar-refractivity contribution in [3.8, 4) is 11.8 Å². The average molecular weight is 414 g/mol. The molecule has 1 N–H and O–H groups in total. The van der Waals surface area contributed by atoms with Crippen LogP contribution in [0.5, 0.6) is 0 Å². The standard InChI is InChI=1S/C20H24O3.C4H6O3/c1-20(2,23-15-14-22-13-12-21-3)11-10-17-8-9-18-6-4-5-7-19(18)16-17;1-7-3-2-4(5)6/h4-9,16H,12-15H2,1-3H3;2-3H,1H3,(H,5,6). The molecular weight excluding hydrogens is 384 g/mol. The van der Waals surface area contributed by atoms with Crippen LogP contribution in [-0.2, 0) is 23.7 Å². The van der Waals surface area contributed by atoms with Gasteiger partial charge in [-0.15, -0.1) is 0 Å². The monoisotopic (exact) mass is 414 g/mol. The summed E-state index contributed by atoms with van der Waals surface area (Å²) < 4.78 is 20.4. The summed E-state index contributed by atoms with van der Waals surface area (Å²) in [5, 5.41) is 10.3. The summed E-state index contributed by atoms with van der Waals surface area (Å²) in [5.41, 5.74) is 0.493. The molecule has 0 radical (unpaired) electrons. The largest absolute Gasteiger partial charge is 0.504 e. The van der Waals surface area contributed by atoms with Crippen LogP contribution >= 0.6 is 0 Å². The Labute approximate surface area is 178 Å². The van der Waals surface area contributed by atoms with Crippen LogP contribution < -0.4 is 0 Å². The number of ether oxygens (including phenoxy) is 4. The molecular formula is C24H30O6. The van der Waals surface area contributed by atoms with Gasteiger partial charge >= 0.3 is 5.97 Å². The molecule has 0 aliphatic heterocycles. The first kappa shape index (κ1) is 25.2. The van der Waals surface area contributed by atoms with Crippen molar-refractivity contribution in [2.45, 2.75) is 19.4 Å². The van der Waals surface area contributed by atoms with E-state index < -0.39 is 11.6 Å². The first-order valence-electron chi connectivity index (χ1n) is 9.53. The van der Waals surface area contributed by atoms with E-state index >= 15 is 0 Å². The van der Waals surface area contributed by atoms with Gasteiger partial charge in [0.25, 0.3) is 0 Å². The van der Waals surface area contributed by atoms with Gasteiger partial charge in [-0.05, 0) is 36.8 Å². The van der Waals surface area contributed by atoms with Crippen molar-refractivity contribution < 1.29 is 28.8 Å². The minimum absolute atomic E-state index is 0.504. The zero-order chi connectivity index (χ0) is 22.2. The minimum Gasteiger partial charge on any atom is -0.504 e. The van der Waals surface area contributed by atoms with Crippen LogP contribution in [0.1, 0.15) is 19.4 Å². The van der Waals surface area contributed by atoms with Crippen LogP contribution in [0.3, 0.4) is 0 Å². The lowest BCUT2D eigenvalue weighted by atomic mass is 10.1. The van der Waals surface area contributed by atoms with E-state index in [1.165, 1.54) is 17.9 Å². The number of carbonyl (C=O) groups is 1. The molecule has 30 heavy (non-hydrogen) atoms. The maximum absolute atomic E-state index is 9.59. The Morgan fingerprint density at radius 2 is 1.73 bits per heavy atom. The third-order valence-electron chi connectivity index (χ3n) is 3.73. The van der Waals surface area contributed by atoms with Crippen molar-refractivity contribution in [3.05, 3.63) is 60.4 Å². The van der Waals surface area contributed by atoms with Gasteiger partial charge in [0.05, 0.1) is 45.9 Å². The summed E-state index contributed by atoms with van der Waals surface area (Å²) in [6.45, 7) is 6.19. The van der Waals surface area contributed by atoms with Gasteiger partial charge in [-0.25, -0.2) is 4.79 Å². The highest BCUT2D eigenvalue weighted by molar-refractivity contribution is 5.83. The van der Waals surface area contributed by atoms with Crippen molar-refractivity contribution >= 4 is 16.7 Å². The molecule has 2 rings (SSSR count). The molecule has 6 heteroatoms. The third kappa shape index (κ3) is 11.2. The Balaban J connectivity index is 0.000000553. The van der Waals surface area contributed by atoms with Crippen molar-refractivity contribution in [1.82, 2.24) is 0 Å². The SMILES string of the molecule is COC=CC(=O)O.COCCOCCOC(C)(C)C#Cc1ccc2ccccc2c1. The van der Waals surface area contributed by atoms with Gasteiger partial charge < -0.3 is 24.1 Å². The number of benzene rings is 2. The molecule has 0 atom stereocenters. The van der Waals surface area contributed by atoms with Crippen molar-refractivity contribution in [3.63, 3.8) is 0 Å². The smallest absolute Gasteiger partial charge is 0.331 e. The van der Waals surface area contributed by atoms with E-state index in [4.69, 9.17) is 19.3 Å². The lowest BCUT2D eigenvalue weighted by Gasteiger charge is -2.18. The van der Waals surface area contributed by atoms with Crippen LogP contribution in [0.25, 0.3) is 10.8 Å². The summed E-state index contributed by atoms with van der Waals surface area (Å²) in [5.74, 6) is 5.39. The van der Waals surface area contributed by atoms with E-state index in [1.807, 2.05) is 32.0 Å². The molecule has 0 saturated carbocycles. The summed E-state index contributed by atoms with van der Waals surface area (Å²) in [4.78, 5) is 9.59. The van der Waals surface area contributed by atoms with Crippen molar-refractivity contribution in [2.24, 2.45) is 0 Å². The number of aliphatic carboxylic acids is 1. The first-order valence-corrected chi connectivity index (χ1v) is 9.53. The highest BCUT2D eigenvalue weighted by Crippen LogP contribution is 2.15. The Kier molecular flexibility index (Phi) is 11.9. The zero-order valence-corrected chi connectivity index (χ0v) is 18.0. The van der Waals surface area contributed by atoms with E-state index in [-0.39, 0.29) is 0 Å². The number of methoxy groups -OCH3 is 2. The molecule has 0 amide bonds. The summed E-state index contributed by atoms with van der Waals surface area (Å²) in [7, 11) is 3.05. The molecule has 0 unspecified atom stereocenters. The van der Waals surface area contributed by atoms with E-state index in [9.17, 15) is 4.79 Å². The quantitative estimate of drug-likeness (QED) is 0.291. The fourth-order valence-electron chi connectivity index (χ4n) is 2.25. The molecule has 0 heterocycles. The molecule has 2 aromatic rings. The second-order valence-corrected chi connectivity index (χ2v) is 6.65. The molecule has 0 aliphatic carbocycles. The second kappa shape index (κ2) is 14.2. The van der Waals surface area contributed by atoms with Crippen LogP contribution in [0.15, 0.2) is 54.8 Å². The number of fused-ring (bicyclic) bond motifs is 1. The Hall–Kier alpha value is -2.85. The molecule has 0 fully saturated rings. The van der Waals surface area contributed by atoms with Gasteiger partial charge in [0, 0.05) is 12.7 Å². The van der Waals surface area contributed by atoms with E-state index in [0.29, 0.717) is 26.4 Å². The topological polar surface area (TPSA) is 74.2 Å². The van der Waals surface area contributed by atoms with E-state index in [0.717, 1.165) is 17.9 Å². The normalized spacial score (nSPS) is 10.8. The maximum atomic E-state index is 9.59. The Bertz CT molecular complexity index is 861. The van der Waals surface area contributed by atoms with Gasteiger partial charge in [-0.2, -0.15) is 0 Å². The molecule has 0 aliphatic rings. The highest BCUT2D eigenvalue weighted by atomic mass is 16.5. The van der Waals surface area contributed by atoms with Crippen LogP contribution in [0.4, 0.5) is 0 Å². The van der Waals surface area contributed by atoms with Crippen LogP contribution in [0.2, 0.25) is 0 Å². The lowest BCUT2D eigenvalue weighted by molar-refractivity contribution is -0.131. The second-order valence-electron chi connectivity index (χ2n) is 6.65. The molecule has 0 saturated heterocycles. The minimum atomic E-state index is -0.998. The first-order chi connectivity index (χ1) is 14.4. The molecule has 2 aromatic carbocycles. The fraction of sp³-hybridized carbons (Fsp3) is 0.375. The molecule has 6 nitrogen and oxygen atoms in total. The predicted molar refractivity (Wildman–Crippen MR) is 117 cm³/mol. The number of rotatable bonds is 9. The Morgan fingerprint density at radius 3 is 2.37 bits per heavy atom.